The summed E-state index contributed by atoms with van der Waals surface area (Å²) in [5.74, 6) is -1.67. The lowest BCUT2D eigenvalue weighted by atomic mass is 10.1. The van der Waals surface area contributed by atoms with Crippen molar-refractivity contribution in [3.05, 3.63) is 75.8 Å². The van der Waals surface area contributed by atoms with Gasteiger partial charge in [0.25, 0.3) is 17.4 Å². The normalized spacial score (nSPS) is 13.0. The summed E-state index contributed by atoms with van der Waals surface area (Å²) in [6.45, 7) is 0. The highest BCUT2D eigenvalue weighted by molar-refractivity contribution is 6.23. The minimum absolute atomic E-state index is 0.0460. The van der Waals surface area contributed by atoms with Gasteiger partial charge in [-0.05, 0) is 36.4 Å². The van der Waals surface area contributed by atoms with Crippen molar-refractivity contribution in [1.82, 2.24) is 14.9 Å². The molecule has 4 aromatic rings. The molecule has 0 saturated heterocycles. The van der Waals surface area contributed by atoms with Crippen molar-refractivity contribution in [1.29, 1.82) is 0 Å². The van der Waals surface area contributed by atoms with E-state index in [0.717, 1.165) is 10.6 Å². The van der Waals surface area contributed by atoms with Crippen molar-refractivity contribution in [3.63, 3.8) is 0 Å². The molecule has 0 spiro atoms. The first-order valence-electron chi connectivity index (χ1n) is 8.50. The van der Waals surface area contributed by atoms with Crippen LogP contribution in [0.15, 0.2) is 57.7 Å². The fraction of sp³-hybridized carbons (Fsp3) is 0. The SMILES string of the molecule is Nc1c2c(cc(=O)n1-c1ccc3oc(-c4cccc(F)c4)nc3c1)C(=O)NC2=O. The third-order valence-electron chi connectivity index (χ3n) is 4.65. The standard InChI is InChI=1S/C20H11FN4O4/c21-10-3-1-2-9(6-10)20-23-13-7-11(4-5-14(13)29-20)25-15(26)8-12-16(17(25)22)19(28)24-18(12)27/h1-8H,22H2,(H,24,27,28). The van der Waals surface area contributed by atoms with Crippen LogP contribution in [0.4, 0.5) is 10.2 Å². The molecule has 2 aromatic carbocycles. The van der Waals surface area contributed by atoms with Crippen molar-refractivity contribution >= 4 is 28.7 Å². The largest absolute Gasteiger partial charge is 0.436 e. The summed E-state index contributed by atoms with van der Waals surface area (Å²) >= 11 is 0. The number of anilines is 1. The van der Waals surface area contributed by atoms with Crippen LogP contribution >= 0.6 is 0 Å². The molecule has 1 aliphatic heterocycles. The minimum atomic E-state index is -0.660. The number of nitrogens with zero attached hydrogens (tertiary/aromatic N) is 2. The second kappa shape index (κ2) is 5.86. The van der Waals surface area contributed by atoms with E-state index in [1.165, 1.54) is 12.1 Å². The number of halogens is 1. The van der Waals surface area contributed by atoms with Crippen LogP contribution < -0.4 is 16.6 Å². The number of carbonyl (C=O) groups excluding carboxylic acids is 2. The number of hydrogen-bond donors (Lipinski definition) is 2. The molecule has 3 N–H and O–H groups in total. The summed E-state index contributed by atoms with van der Waals surface area (Å²) in [7, 11) is 0. The van der Waals surface area contributed by atoms with Gasteiger partial charge in [0.1, 0.15) is 17.2 Å². The lowest BCUT2D eigenvalue weighted by molar-refractivity contribution is 0.0880. The molecule has 8 nitrogen and oxygen atoms in total. The molecule has 0 aliphatic carbocycles. The van der Waals surface area contributed by atoms with Crippen LogP contribution in [0.1, 0.15) is 20.7 Å². The van der Waals surface area contributed by atoms with Gasteiger partial charge in [0.15, 0.2) is 5.58 Å². The van der Waals surface area contributed by atoms with Gasteiger partial charge in [0.05, 0.1) is 16.8 Å². The molecule has 142 valence electrons. The molecular formula is C20H11FN4O4. The van der Waals surface area contributed by atoms with Gasteiger partial charge in [0.2, 0.25) is 5.89 Å². The molecular weight excluding hydrogens is 379 g/mol. The monoisotopic (exact) mass is 390 g/mol. The topological polar surface area (TPSA) is 120 Å². The molecule has 2 aromatic heterocycles. The highest BCUT2D eigenvalue weighted by atomic mass is 19.1. The molecule has 0 unspecified atom stereocenters. The Morgan fingerprint density at radius 1 is 1.03 bits per heavy atom. The fourth-order valence-corrected chi connectivity index (χ4v) is 3.35. The molecule has 3 heterocycles. The Balaban J connectivity index is 1.67. The van der Waals surface area contributed by atoms with E-state index in [2.05, 4.69) is 10.3 Å². The average Bonchev–Trinajstić information content (AvgIpc) is 3.22. The number of pyridine rings is 1. The van der Waals surface area contributed by atoms with Gasteiger partial charge in [-0.1, -0.05) is 6.07 Å². The van der Waals surface area contributed by atoms with Gasteiger partial charge >= 0.3 is 0 Å². The number of imide groups is 1. The lowest BCUT2D eigenvalue weighted by Crippen LogP contribution is -2.24. The predicted octanol–water partition coefficient (Wildman–Crippen LogP) is 2.25. The van der Waals surface area contributed by atoms with Crippen LogP contribution in [0, 0.1) is 5.82 Å². The van der Waals surface area contributed by atoms with E-state index in [1.54, 1.807) is 30.3 Å². The molecule has 0 atom stereocenters. The maximum atomic E-state index is 13.5. The number of fused-ring (bicyclic) bond motifs is 2. The molecule has 0 fully saturated rings. The number of carbonyl (C=O) groups is 2. The smallest absolute Gasteiger partial charge is 0.262 e. The van der Waals surface area contributed by atoms with Gasteiger partial charge in [-0.2, -0.15) is 0 Å². The summed E-state index contributed by atoms with van der Waals surface area (Å²) in [5.41, 5.74) is 7.02. The molecule has 9 heteroatoms. The first-order valence-corrected chi connectivity index (χ1v) is 8.50. The molecule has 29 heavy (non-hydrogen) atoms. The third-order valence-corrected chi connectivity index (χ3v) is 4.65. The average molecular weight is 390 g/mol. The minimum Gasteiger partial charge on any atom is -0.436 e. The van der Waals surface area contributed by atoms with E-state index < -0.39 is 23.2 Å². The number of rotatable bonds is 2. The second-order valence-electron chi connectivity index (χ2n) is 6.46. The number of nitrogens with two attached hydrogens (primary N) is 1. The Labute approximate surface area is 161 Å². The number of nitrogens with one attached hydrogen (secondary N) is 1. The zero-order chi connectivity index (χ0) is 20.3. The van der Waals surface area contributed by atoms with Crippen LogP contribution in [0.5, 0.6) is 0 Å². The summed E-state index contributed by atoms with van der Waals surface area (Å²) in [5, 5.41) is 2.12. The van der Waals surface area contributed by atoms with Gasteiger partial charge in [-0.25, -0.2) is 9.37 Å². The summed E-state index contributed by atoms with van der Waals surface area (Å²) in [6, 6.07) is 11.6. The highest BCUT2D eigenvalue weighted by Gasteiger charge is 2.31. The molecule has 0 radical (unpaired) electrons. The summed E-state index contributed by atoms with van der Waals surface area (Å²) < 4.78 is 20.3. The highest BCUT2D eigenvalue weighted by Crippen LogP contribution is 2.28. The predicted molar refractivity (Wildman–Crippen MR) is 101 cm³/mol. The maximum absolute atomic E-state index is 13.5. The van der Waals surface area contributed by atoms with E-state index in [9.17, 15) is 18.8 Å². The van der Waals surface area contributed by atoms with Crippen molar-refractivity contribution in [2.45, 2.75) is 0 Å². The Morgan fingerprint density at radius 3 is 2.66 bits per heavy atom. The Bertz CT molecular complexity index is 1420. The van der Waals surface area contributed by atoms with Gasteiger partial charge in [-0.15, -0.1) is 0 Å². The number of aromatic nitrogens is 2. The van der Waals surface area contributed by atoms with E-state index in [4.69, 9.17) is 10.2 Å². The summed E-state index contributed by atoms with van der Waals surface area (Å²) in [6.07, 6.45) is 0. The zero-order valence-corrected chi connectivity index (χ0v) is 14.6. The molecule has 0 saturated carbocycles. The zero-order valence-electron chi connectivity index (χ0n) is 14.6. The molecule has 0 bridgehead atoms. The quantitative estimate of drug-likeness (QED) is 0.507. The second-order valence-corrected chi connectivity index (χ2v) is 6.46. The third kappa shape index (κ3) is 2.52. The first-order chi connectivity index (χ1) is 13.9. The fourth-order valence-electron chi connectivity index (χ4n) is 3.35. The van der Waals surface area contributed by atoms with Crippen LogP contribution in [0.25, 0.3) is 28.2 Å². The van der Waals surface area contributed by atoms with E-state index >= 15 is 0 Å². The van der Waals surface area contributed by atoms with Gasteiger partial charge in [0, 0.05) is 11.6 Å². The Kier molecular flexibility index (Phi) is 3.41. The number of oxazole rings is 1. The number of benzene rings is 2. The number of hydrogen-bond acceptors (Lipinski definition) is 6. The molecule has 2 amide bonds. The maximum Gasteiger partial charge on any atom is 0.262 e. The number of nitrogen functional groups attached to an aromatic ring is 1. The van der Waals surface area contributed by atoms with Crippen molar-refractivity contribution < 1.29 is 18.4 Å². The van der Waals surface area contributed by atoms with E-state index in [-0.39, 0.29) is 22.8 Å². The number of amides is 2. The Hall–Kier alpha value is -4.27. The van der Waals surface area contributed by atoms with E-state index in [0.29, 0.717) is 22.4 Å². The van der Waals surface area contributed by atoms with E-state index in [1.807, 2.05) is 0 Å². The summed E-state index contributed by atoms with van der Waals surface area (Å²) in [4.78, 5) is 40.7. The molecule has 5 rings (SSSR count). The lowest BCUT2D eigenvalue weighted by Gasteiger charge is -2.11. The van der Waals surface area contributed by atoms with Crippen LogP contribution in [0.2, 0.25) is 0 Å². The molecule has 1 aliphatic rings. The van der Waals surface area contributed by atoms with Crippen molar-refractivity contribution in [3.8, 4) is 17.1 Å². The van der Waals surface area contributed by atoms with Crippen molar-refractivity contribution in [2.24, 2.45) is 0 Å². The van der Waals surface area contributed by atoms with Gasteiger partial charge in [-0.3, -0.25) is 24.3 Å². The van der Waals surface area contributed by atoms with Crippen LogP contribution in [-0.2, 0) is 0 Å². The van der Waals surface area contributed by atoms with Crippen molar-refractivity contribution in [2.75, 3.05) is 5.73 Å². The Morgan fingerprint density at radius 2 is 1.86 bits per heavy atom. The van der Waals surface area contributed by atoms with Gasteiger partial charge < -0.3 is 10.2 Å². The van der Waals surface area contributed by atoms with Crippen LogP contribution in [0.3, 0.4) is 0 Å². The first kappa shape index (κ1) is 16.9. The van der Waals surface area contributed by atoms with Crippen LogP contribution in [-0.4, -0.2) is 21.4 Å².